The Hall–Kier alpha value is -3.73. The van der Waals surface area contributed by atoms with Crippen LogP contribution in [0.15, 0.2) is 59.8 Å². The van der Waals surface area contributed by atoms with Gasteiger partial charge in [0.1, 0.15) is 5.82 Å². The van der Waals surface area contributed by atoms with E-state index in [9.17, 15) is 19.7 Å². The van der Waals surface area contributed by atoms with Crippen molar-refractivity contribution in [3.8, 4) is 5.69 Å². The molecule has 0 radical (unpaired) electrons. The van der Waals surface area contributed by atoms with Gasteiger partial charge in [0, 0.05) is 42.5 Å². The Morgan fingerprint density at radius 3 is 2.68 bits per heavy atom. The van der Waals surface area contributed by atoms with Crippen LogP contribution in [-0.2, 0) is 17.0 Å². The molecule has 31 heavy (non-hydrogen) atoms. The smallest absolute Gasteiger partial charge is 0.321 e. The molecular formula is C20H18N6O4S. The van der Waals surface area contributed by atoms with Crippen molar-refractivity contribution in [1.29, 1.82) is 0 Å². The highest BCUT2D eigenvalue weighted by atomic mass is 32.2. The minimum absolute atomic E-state index is 0.0367. The second-order valence-corrected chi connectivity index (χ2v) is 7.85. The fourth-order valence-electron chi connectivity index (χ4n) is 3.29. The van der Waals surface area contributed by atoms with Gasteiger partial charge in [0.2, 0.25) is 5.91 Å². The number of carbonyl (C=O) groups excluding carboxylic acids is 2. The molecule has 11 heteroatoms. The Balaban J connectivity index is 1.59. The maximum Gasteiger partial charge on any atom is 0.321 e. The second kappa shape index (κ2) is 8.96. The van der Waals surface area contributed by atoms with E-state index in [1.807, 2.05) is 41.0 Å². The molecule has 0 spiro atoms. The van der Waals surface area contributed by atoms with E-state index in [-0.39, 0.29) is 24.1 Å². The number of nitro groups is 1. The van der Waals surface area contributed by atoms with Gasteiger partial charge in [-0.05, 0) is 17.7 Å². The number of rotatable bonds is 7. The molecule has 1 aromatic heterocycles. The van der Waals surface area contributed by atoms with Crippen LogP contribution >= 0.6 is 11.8 Å². The van der Waals surface area contributed by atoms with Crippen LogP contribution < -0.4 is 10.6 Å². The second-order valence-electron chi connectivity index (χ2n) is 6.91. The lowest BCUT2D eigenvalue weighted by molar-refractivity contribution is -0.384. The zero-order valence-corrected chi connectivity index (χ0v) is 17.0. The molecule has 2 N–H and O–H groups in total. The standard InChI is InChI=1S/C20H18N6O4S/c27-18-11-14(21-19(28)22-18)10-17-23-24-20(25(17)15-6-2-1-3-7-15)31-12-13-5-4-8-16(9-13)26(29)30/h1-9,14H,10-12H2,(H2,21,22,27,28). The predicted molar refractivity (Wildman–Crippen MR) is 113 cm³/mol. The van der Waals surface area contributed by atoms with Gasteiger partial charge in [-0.25, -0.2) is 4.79 Å². The topological polar surface area (TPSA) is 132 Å². The molecule has 1 aliphatic rings. The Kier molecular flexibility index (Phi) is 5.94. The third-order valence-corrected chi connectivity index (χ3v) is 5.65. The summed E-state index contributed by atoms with van der Waals surface area (Å²) in [4.78, 5) is 33.9. The lowest BCUT2D eigenvalue weighted by Crippen LogP contribution is -2.53. The van der Waals surface area contributed by atoms with Gasteiger partial charge >= 0.3 is 6.03 Å². The SMILES string of the molecule is O=C1CC(Cc2nnc(SCc3cccc([N+](=O)[O-])c3)n2-c2ccccc2)NC(=O)N1. The number of nitrogens with one attached hydrogen (secondary N) is 2. The molecule has 0 aliphatic carbocycles. The highest BCUT2D eigenvalue weighted by Gasteiger charge is 2.26. The van der Waals surface area contributed by atoms with Gasteiger partial charge in [0.15, 0.2) is 5.16 Å². The molecule has 0 saturated carbocycles. The molecule has 4 rings (SSSR count). The number of hydrogen-bond acceptors (Lipinski definition) is 7. The van der Waals surface area contributed by atoms with Gasteiger partial charge < -0.3 is 5.32 Å². The number of amides is 3. The number of aromatic nitrogens is 3. The quantitative estimate of drug-likeness (QED) is 0.329. The third kappa shape index (κ3) is 4.89. The van der Waals surface area contributed by atoms with Crippen molar-refractivity contribution in [1.82, 2.24) is 25.4 Å². The van der Waals surface area contributed by atoms with Crippen LogP contribution in [0.3, 0.4) is 0 Å². The number of thioether (sulfide) groups is 1. The average molecular weight is 438 g/mol. The van der Waals surface area contributed by atoms with E-state index in [1.165, 1.54) is 23.9 Å². The monoisotopic (exact) mass is 438 g/mol. The fourth-order valence-corrected chi connectivity index (χ4v) is 4.20. The van der Waals surface area contributed by atoms with Gasteiger partial charge in [0.25, 0.3) is 5.69 Å². The predicted octanol–water partition coefficient (Wildman–Crippen LogP) is 2.61. The minimum atomic E-state index is -0.521. The largest absolute Gasteiger partial charge is 0.334 e. The number of carbonyl (C=O) groups is 2. The molecule has 2 aromatic carbocycles. The molecule has 1 atom stereocenters. The molecule has 3 aromatic rings. The number of non-ortho nitro benzene ring substituents is 1. The summed E-state index contributed by atoms with van der Waals surface area (Å²) in [6, 6.07) is 15.1. The zero-order chi connectivity index (χ0) is 21.8. The molecule has 1 saturated heterocycles. The van der Waals surface area contributed by atoms with Crippen molar-refractivity contribution < 1.29 is 14.5 Å². The number of para-hydroxylation sites is 1. The maximum absolute atomic E-state index is 11.7. The lowest BCUT2D eigenvalue weighted by Gasteiger charge is -2.23. The zero-order valence-electron chi connectivity index (χ0n) is 16.2. The molecule has 1 aliphatic heterocycles. The molecule has 0 bridgehead atoms. The van der Waals surface area contributed by atoms with Crippen LogP contribution in [0.25, 0.3) is 5.69 Å². The van der Waals surface area contributed by atoms with E-state index < -0.39 is 11.0 Å². The van der Waals surface area contributed by atoms with E-state index in [0.29, 0.717) is 23.2 Å². The van der Waals surface area contributed by atoms with Crippen LogP contribution in [0.2, 0.25) is 0 Å². The van der Waals surface area contributed by atoms with Crippen LogP contribution in [-0.4, -0.2) is 37.7 Å². The molecule has 10 nitrogen and oxygen atoms in total. The van der Waals surface area contributed by atoms with Crippen LogP contribution in [0, 0.1) is 10.1 Å². The normalized spacial score (nSPS) is 15.9. The van der Waals surface area contributed by atoms with Crippen molar-refractivity contribution in [3.05, 3.63) is 76.1 Å². The van der Waals surface area contributed by atoms with E-state index in [4.69, 9.17) is 0 Å². The lowest BCUT2D eigenvalue weighted by atomic mass is 10.1. The van der Waals surface area contributed by atoms with Crippen LogP contribution in [0.4, 0.5) is 10.5 Å². The Labute approximate surface area is 181 Å². The highest BCUT2D eigenvalue weighted by Crippen LogP contribution is 2.27. The summed E-state index contributed by atoms with van der Waals surface area (Å²) in [6.45, 7) is 0. The Bertz CT molecular complexity index is 1120. The number of nitrogens with zero attached hydrogens (tertiary/aromatic N) is 4. The first-order valence-electron chi connectivity index (χ1n) is 9.46. The Morgan fingerprint density at radius 2 is 1.94 bits per heavy atom. The fraction of sp³-hybridized carbons (Fsp3) is 0.200. The maximum atomic E-state index is 11.7. The summed E-state index contributed by atoms with van der Waals surface area (Å²) in [6.07, 6.45) is 0.488. The van der Waals surface area contributed by atoms with E-state index in [2.05, 4.69) is 20.8 Å². The number of benzene rings is 2. The van der Waals surface area contributed by atoms with Gasteiger partial charge in [-0.1, -0.05) is 42.1 Å². The summed E-state index contributed by atoms with van der Waals surface area (Å²) in [5.41, 5.74) is 1.67. The molecule has 1 fully saturated rings. The average Bonchev–Trinajstić information content (AvgIpc) is 3.14. The summed E-state index contributed by atoms with van der Waals surface area (Å²) in [7, 11) is 0. The van der Waals surface area contributed by atoms with Crippen molar-refractivity contribution in [2.24, 2.45) is 0 Å². The van der Waals surface area contributed by atoms with Crippen molar-refractivity contribution in [2.45, 2.75) is 29.8 Å². The summed E-state index contributed by atoms with van der Waals surface area (Å²) < 4.78 is 1.88. The molecule has 1 unspecified atom stereocenters. The first kappa shape index (κ1) is 20.5. The summed E-state index contributed by atoms with van der Waals surface area (Å²) in [5.74, 6) is 0.738. The number of hydrogen-bond donors (Lipinski definition) is 2. The highest BCUT2D eigenvalue weighted by molar-refractivity contribution is 7.98. The van der Waals surface area contributed by atoms with Crippen molar-refractivity contribution >= 4 is 29.4 Å². The minimum Gasteiger partial charge on any atom is -0.334 e. The first-order chi connectivity index (χ1) is 15.0. The first-order valence-corrected chi connectivity index (χ1v) is 10.4. The molecule has 3 amide bonds. The molecule has 2 heterocycles. The molecule has 158 valence electrons. The van der Waals surface area contributed by atoms with Gasteiger partial charge in [0.05, 0.1) is 4.92 Å². The number of nitro benzene ring substituents is 1. The Morgan fingerprint density at radius 1 is 1.13 bits per heavy atom. The van der Waals surface area contributed by atoms with Crippen LogP contribution in [0.5, 0.6) is 0 Å². The van der Waals surface area contributed by atoms with Gasteiger partial charge in [-0.2, -0.15) is 0 Å². The summed E-state index contributed by atoms with van der Waals surface area (Å²) in [5, 5.41) is 25.2. The third-order valence-electron chi connectivity index (χ3n) is 4.65. The van der Waals surface area contributed by atoms with Crippen molar-refractivity contribution in [3.63, 3.8) is 0 Å². The molecular weight excluding hydrogens is 420 g/mol. The van der Waals surface area contributed by atoms with Gasteiger partial charge in [-0.15, -0.1) is 10.2 Å². The number of urea groups is 1. The van der Waals surface area contributed by atoms with E-state index in [1.54, 1.807) is 6.07 Å². The van der Waals surface area contributed by atoms with E-state index in [0.717, 1.165) is 11.3 Å². The number of imide groups is 1. The summed E-state index contributed by atoms with van der Waals surface area (Å²) >= 11 is 1.40. The van der Waals surface area contributed by atoms with E-state index >= 15 is 0 Å². The van der Waals surface area contributed by atoms with Crippen LogP contribution in [0.1, 0.15) is 17.8 Å². The van der Waals surface area contributed by atoms with Crippen molar-refractivity contribution in [2.75, 3.05) is 0 Å². The van der Waals surface area contributed by atoms with Gasteiger partial charge in [-0.3, -0.25) is 24.8 Å².